The van der Waals surface area contributed by atoms with Crippen LogP contribution in [-0.4, -0.2) is 6.04 Å². The number of hydrogen-bond donors (Lipinski definition) is 1. The minimum atomic E-state index is 0.697. The molecule has 0 radical (unpaired) electrons. The van der Waals surface area contributed by atoms with Gasteiger partial charge in [0.25, 0.3) is 0 Å². The SMILES string of the molecule is C1=CC2CC1C1Nc3ccccc3C21. The van der Waals surface area contributed by atoms with Gasteiger partial charge < -0.3 is 5.32 Å². The van der Waals surface area contributed by atoms with Gasteiger partial charge in [-0.1, -0.05) is 30.4 Å². The van der Waals surface area contributed by atoms with Crippen molar-refractivity contribution in [3.63, 3.8) is 0 Å². The van der Waals surface area contributed by atoms with Gasteiger partial charge in [-0.25, -0.2) is 0 Å². The standard InChI is InChI=1S/C13H13N/c1-2-4-11-10(3-1)12-8-5-6-9(7-8)13(12)14-11/h1-6,8-9,12-14H,7H2. The summed E-state index contributed by atoms with van der Waals surface area (Å²) in [6.45, 7) is 0. The Labute approximate surface area is 83.8 Å². The summed E-state index contributed by atoms with van der Waals surface area (Å²) in [7, 11) is 0. The average molecular weight is 183 g/mol. The molecule has 4 rings (SSSR count). The van der Waals surface area contributed by atoms with E-state index in [0.29, 0.717) is 6.04 Å². The maximum Gasteiger partial charge on any atom is 0.0399 e. The lowest BCUT2D eigenvalue weighted by molar-refractivity contribution is 0.562. The molecular weight excluding hydrogens is 170 g/mol. The molecule has 14 heavy (non-hydrogen) atoms. The predicted molar refractivity (Wildman–Crippen MR) is 57.3 cm³/mol. The Morgan fingerprint density at radius 2 is 1.93 bits per heavy atom. The molecule has 1 N–H and O–H groups in total. The number of fused-ring (bicyclic) bond motifs is 7. The van der Waals surface area contributed by atoms with E-state index in [-0.39, 0.29) is 0 Å². The van der Waals surface area contributed by atoms with Crippen LogP contribution in [0.1, 0.15) is 17.9 Å². The van der Waals surface area contributed by atoms with Crippen LogP contribution in [0.2, 0.25) is 0 Å². The molecule has 1 aliphatic heterocycles. The van der Waals surface area contributed by atoms with Crippen molar-refractivity contribution in [2.45, 2.75) is 18.4 Å². The molecule has 2 aliphatic carbocycles. The quantitative estimate of drug-likeness (QED) is 0.610. The lowest BCUT2D eigenvalue weighted by Gasteiger charge is -2.20. The minimum absolute atomic E-state index is 0.697. The van der Waals surface area contributed by atoms with Crippen LogP contribution >= 0.6 is 0 Å². The van der Waals surface area contributed by atoms with Gasteiger partial charge in [-0.2, -0.15) is 0 Å². The first-order valence-corrected chi connectivity index (χ1v) is 5.47. The molecule has 70 valence electrons. The van der Waals surface area contributed by atoms with E-state index in [4.69, 9.17) is 0 Å². The fourth-order valence-corrected chi connectivity index (χ4v) is 3.54. The third-order valence-corrected chi connectivity index (χ3v) is 4.10. The first kappa shape index (κ1) is 7.10. The third-order valence-electron chi connectivity index (χ3n) is 4.10. The highest BCUT2D eigenvalue weighted by Crippen LogP contribution is 2.54. The Balaban J connectivity index is 1.89. The first-order valence-electron chi connectivity index (χ1n) is 5.47. The van der Waals surface area contributed by atoms with Crippen LogP contribution < -0.4 is 5.32 Å². The number of anilines is 1. The van der Waals surface area contributed by atoms with Crippen LogP contribution in [0.25, 0.3) is 0 Å². The second kappa shape index (κ2) is 2.22. The second-order valence-electron chi connectivity index (χ2n) is 4.73. The molecular formula is C13H13N. The fourth-order valence-electron chi connectivity index (χ4n) is 3.54. The zero-order valence-corrected chi connectivity index (χ0v) is 7.98. The van der Waals surface area contributed by atoms with Gasteiger partial charge in [0.15, 0.2) is 0 Å². The number of hydrogen-bond acceptors (Lipinski definition) is 1. The molecule has 0 amide bonds. The fraction of sp³-hybridized carbons (Fsp3) is 0.385. The van der Waals surface area contributed by atoms with Gasteiger partial charge in [-0.15, -0.1) is 0 Å². The molecule has 1 heteroatoms. The summed E-state index contributed by atoms with van der Waals surface area (Å²) in [5.74, 6) is 2.36. The molecule has 1 heterocycles. The monoisotopic (exact) mass is 183 g/mol. The molecule has 3 aliphatic rings. The van der Waals surface area contributed by atoms with Crippen molar-refractivity contribution < 1.29 is 0 Å². The summed E-state index contributed by atoms with van der Waals surface area (Å²) in [5, 5.41) is 3.68. The van der Waals surface area contributed by atoms with Gasteiger partial charge in [0.1, 0.15) is 0 Å². The van der Waals surface area contributed by atoms with Crippen LogP contribution in [0.15, 0.2) is 36.4 Å². The Morgan fingerprint density at radius 1 is 1.07 bits per heavy atom. The highest BCUT2D eigenvalue weighted by molar-refractivity contribution is 5.61. The Bertz CT molecular complexity index is 421. The average Bonchev–Trinajstić information content (AvgIpc) is 2.88. The highest BCUT2D eigenvalue weighted by Gasteiger charge is 2.48. The Morgan fingerprint density at radius 3 is 2.93 bits per heavy atom. The summed E-state index contributed by atoms with van der Waals surface area (Å²) in [4.78, 5) is 0. The molecule has 1 saturated carbocycles. The molecule has 2 bridgehead atoms. The minimum Gasteiger partial charge on any atom is -0.381 e. The van der Waals surface area contributed by atoms with Gasteiger partial charge in [0.2, 0.25) is 0 Å². The molecule has 1 fully saturated rings. The van der Waals surface area contributed by atoms with Gasteiger partial charge in [0, 0.05) is 17.6 Å². The molecule has 0 spiro atoms. The lowest BCUT2D eigenvalue weighted by atomic mass is 9.86. The Kier molecular flexibility index (Phi) is 1.13. The van der Waals surface area contributed by atoms with E-state index in [2.05, 4.69) is 41.7 Å². The first-order chi connectivity index (χ1) is 6.93. The smallest absolute Gasteiger partial charge is 0.0399 e. The summed E-state index contributed by atoms with van der Waals surface area (Å²) in [5.41, 5.74) is 2.93. The molecule has 0 saturated heterocycles. The molecule has 1 nitrogen and oxygen atoms in total. The molecule has 1 aromatic rings. The second-order valence-corrected chi connectivity index (χ2v) is 4.73. The number of nitrogens with one attached hydrogen (secondary N) is 1. The van der Waals surface area contributed by atoms with Crippen molar-refractivity contribution >= 4 is 5.69 Å². The Hall–Kier alpha value is -1.24. The van der Waals surface area contributed by atoms with Crippen LogP contribution in [-0.2, 0) is 0 Å². The van der Waals surface area contributed by atoms with Crippen LogP contribution in [0.3, 0.4) is 0 Å². The summed E-state index contributed by atoms with van der Waals surface area (Å²) in [6, 6.07) is 9.50. The normalized spacial score (nSPS) is 40.9. The van der Waals surface area contributed by atoms with Crippen molar-refractivity contribution in [1.29, 1.82) is 0 Å². The summed E-state index contributed by atoms with van der Waals surface area (Å²) < 4.78 is 0. The van der Waals surface area contributed by atoms with E-state index in [0.717, 1.165) is 17.8 Å². The third kappa shape index (κ3) is 0.682. The topological polar surface area (TPSA) is 12.0 Å². The van der Waals surface area contributed by atoms with E-state index in [1.165, 1.54) is 12.1 Å². The van der Waals surface area contributed by atoms with Crippen molar-refractivity contribution in [1.82, 2.24) is 0 Å². The predicted octanol–water partition coefficient (Wildman–Crippen LogP) is 2.77. The molecule has 0 aromatic heterocycles. The van der Waals surface area contributed by atoms with Gasteiger partial charge >= 0.3 is 0 Å². The summed E-state index contributed by atoms with van der Waals surface area (Å²) in [6.07, 6.45) is 6.21. The number of para-hydroxylation sites is 1. The van der Waals surface area contributed by atoms with E-state index < -0.39 is 0 Å². The zero-order chi connectivity index (χ0) is 9.12. The van der Waals surface area contributed by atoms with Crippen molar-refractivity contribution in [3.8, 4) is 0 Å². The number of benzene rings is 1. The van der Waals surface area contributed by atoms with Gasteiger partial charge in [0.05, 0.1) is 0 Å². The van der Waals surface area contributed by atoms with Crippen LogP contribution in [0, 0.1) is 11.8 Å². The van der Waals surface area contributed by atoms with Crippen molar-refractivity contribution in [2.75, 3.05) is 5.32 Å². The summed E-state index contributed by atoms with van der Waals surface area (Å²) >= 11 is 0. The maximum absolute atomic E-state index is 3.68. The maximum atomic E-state index is 3.68. The van der Waals surface area contributed by atoms with Crippen LogP contribution in [0.5, 0.6) is 0 Å². The van der Waals surface area contributed by atoms with Gasteiger partial charge in [-0.3, -0.25) is 0 Å². The molecule has 4 unspecified atom stereocenters. The van der Waals surface area contributed by atoms with Crippen molar-refractivity contribution in [3.05, 3.63) is 42.0 Å². The van der Waals surface area contributed by atoms with Crippen LogP contribution in [0.4, 0.5) is 5.69 Å². The van der Waals surface area contributed by atoms with E-state index in [1.807, 2.05) is 0 Å². The van der Waals surface area contributed by atoms with Gasteiger partial charge in [-0.05, 0) is 29.9 Å². The molecule has 4 atom stereocenters. The highest BCUT2D eigenvalue weighted by atomic mass is 15.0. The number of rotatable bonds is 0. The largest absolute Gasteiger partial charge is 0.381 e. The van der Waals surface area contributed by atoms with E-state index in [1.54, 1.807) is 5.56 Å². The van der Waals surface area contributed by atoms with E-state index >= 15 is 0 Å². The van der Waals surface area contributed by atoms with E-state index in [9.17, 15) is 0 Å². The number of allylic oxidation sites excluding steroid dienone is 1. The zero-order valence-electron chi connectivity index (χ0n) is 7.98. The van der Waals surface area contributed by atoms with Crippen molar-refractivity contribution in [2.24, 2.45) is 11.8 Å². The lowest BCUT2D eigenvalue weighted by Crippen LogP contribution is -2.24. The molecule has 1 aromatic carbocycles.